The van der Waals surface area contributed by atoms with Crippen molar-refractivity contribution in [1.82, 2.24) is 15.0 Å². The zero-order valence-electron chi connectivity index (χ0n) is 12.8. The van der Waals surface area contributed by atoms with Crippen LogP contribution in [-0.2, 0) is 11.2 Å². The molecule has 2 heterocycles. The molecular weight excluding hydrogens is 297 g/mol. The van der Waals surface area contributed by atoms with Crippen LogP contribution in [0.2, 0.25) is 0 Å². The molecule has 0 saturated heterocycles. The van der Waals surface area contributed by atoms with E-state index < -0.39 is 0 Å². The van der Waals surface area contributed by atoms with Crippen molar-refractivity contribution >= 4 is 28.6 Å². The standard InChI is InChI=1S/C16H16FN5O/c1-22(2)16-18-6-5-14(21-16)20-15(23)7-10-9-19-13-4-3-11(17)8-12(10)13/h3-6,8-9,19H,7H2,1-2H3,(H,18,20,21,23). The molecule has 0 saturated carbocycles. The molecule has 7 heteroatoms. The molecule has 2 N–H and O–H groups in total. The van der Waals surface area contributed by atoms with Crippen LogP contribution < -0.4 is 10.2 Å². The van der Waals surface area contributed by atoms with Crippen molar-refractivity contribution in [3.05, 3.63) is 48.0 Å². The summed E-state index contributed by atoms with van der Waals surface area (Å²) >= 11 is 0. The molecule has 23 heavy (non-hydrogen) atoms. The molecule has 0 aliphatic rings. The summed E-state index contributed by atoms with van der Waals surface area (Å²) in [5.41, 5.74) is 1.53. The fourth-order valence-electron chi connectivity index (χ4n) is 2.29. The van der Waals surface area contributed by atoms with Gasteiger partial charge in [-0.2, -0.15) is 4.98 Å². The molecule has 1 amide bonds. The maximum Gasteiger partial charge on any atom is 0.230 e. The number of nitrogens with one attached hydrogen (secondary N) is 2. The van der Waals surface area contributed by atoms with Crippen molar-refractivity contribution in [3.63, 3.8) is 0 Å². The van der Waals surface area contributed by atoms with Crippen LogP contribution in [0.1, 0.15) is 5.56 Å². The van der Waals surface area contributed by atoms with Crippen molar-refractivity contribution in [3.8, 4) is 0 Å². The number of halogens is 1. The van der Waals surface area contributed by atoms with E-state index >= 15 is 0 Å². The Balaban J connectivity index is 1.76. The van der Waals surface area contributed by atoms with Crippen molar-refractivity contribution in [2.75, 3.05) is 24.3 Å². The third-order valence-electron chi connectivity index (χ3n) is 3.39. The SMILES string of the molecule is CN(C)c1nccc(NC(=O)Cc2c[nH]c3ccc(F)cc23)n1. The molecule has 0 spiro atoms. The molecule has 3 rings (SSSR count). The van der Waals surface area contributed by atoms with E-state index in [0.29, 0.717) is 17.2 Å². The van der Waals surface area contributed by atoms with Gasteiger partial charge in [-0.05, 0) is 29.8 Å². The number of benzene rings is 1. The minimum atomic E-state index is -0.329. The maximum absolute atomic E-state index is 13.4. The van der Waals surface area contributed by atoms with Gasteiger partial charge in [0, 0.05) is 37.4 Å². The van der Waals surface area contributed by atoms with E-state index in [2.05, 4.69) is 20.3 Å². The lowest BCUT2D eigenvalue weighted by Crippen LogP contribution is -2.17. The van der Waals surface area contributed by atoms with Crippen molar-refractivity contribution < 1.29 is 9.18 Å². The number of hydrogen-bond donors (Lipinski definition) is 2. The van der Waals surface area contributed by atoms with E-state index in [1.165, 1.54) is 12.1 Å². The second-order valence-electron chi connectivity index (χ2n) is 5.37. The van der Waals surface area contributed by atoms with E-state index in [1.807, 2.05) is 14.1 Å². The van der Waals surface area contributed by atoms with Crippen molar-refractivity contribution in [2.45, 2.75) is 6.42 Å². The van der Waals surface area contributed by atoms with Crippen LogP contribution in [0.4, 0.5) is 16.2 Å². The van der Waals surface area contributed by atoms with Crippen LogP contribution in [0.25, 0.3) is 10.9 Å². The lowest BCUT2D eigenvalue weighted by Gasteiger charge is -2.11. The van der Waals surface area contributed by atoms with Gasteiger partial charge in [-0.25, -0.2) is 9.37 Å². The van der Waals surface area contributed by atoms with Crippen LogP contribution in [-0.4, -0.2) is 35.0 Å². The van der Waals surface area contributed by atoms with Gasteiger partial charge >= 0.3 is 0 Å². The van der Waals surface area contributed by atoms with E-state index in [-0.39, 0.29) is 18.1 Å². The number of anilines is 2. The fourth-order valence-corrected chi connectivity index (χ4v) is 2.29. The van der Waals surface area contributed by atoms with Gasteiger partial charge in [-0.15, -0.1) is 0 Å². The Bertz CT molecular complexity index is 859. The van der Waals surface area contributed by atoms with Gasteiger partial charge in [0.25, 0.3) is 0 Å². The van der Waals surface area contributed by atoms with Gasteiger partial charge in [0.2, 0.25) is 11.9 Å². The van der Waals surface area contributed by atoms with E-state index in [0.717, 1.165) is 11.1 Å². The molecule has 0 fully saturated rings. The summed E-state index contributed by atoms with van der Waals surface area (Å²) in [6.45, 7) is 0. The number of rotatable bonds is 4. The first-order valence-electron chi connectivity index (χ1n) is 7.08. The molecule has 0 unspecified atom stereocenters. The number of aromatic nitrogens is 3. The Morgan fingerprint density at radius 3 is 2.96 bits per heavy atom. The van der Waals surface area contributed by atoms with Crippen molar-refractivity contribution in [1.29, 1.82) is 0 Å². The van der Waals surface area contributed by atoms with Crippen LogP contribution in [0.5, 0.6) is 0 Å². The molecule has 0 aliphatic heterocycles. The maximum atomic E-state index is 13.4. The Kier molecular flexibility index (Phi) is 3.92. The average molecular weight is 313 g/mol. The zero-order valence-corrected chi connectivity index (χ0v) is 12.8. The Hall–Kier alpha value is -2.96. The van der Waals surface area contributed by atoms with Gasteiger partial charge in [-0.1, -0.05) is 0 Å². The zero-order chi connectivity index (χ0) is 16.4. The van der Waals surface area contributed by atoms with Crippen LogP contribution >= 0.6 is 0 Å². The van der Waals surface area contributed by atoms with Gasteiger partial charge in [0.15, 0.2) is 0 Å². The predicted molar refractivity (Wildman–Crippen MR) is 86.9 cm³/mol. The quantitative estimate of drug-likeness (QED) is 0.775. The third-order valence-corrected chi connectivity index (χ3v) is 3.39. The second kappa shape index (κ2) is 6.04. The monoisotopic (exact) mass is 313 g/mol. The summed E-state index contributed by atoms with van der Waals surface area (Å²) in [4.78, 5) is 25.3. The molecule has 2 aromatic heterocycles. The predicted octanol–water partition coefficient (Wildman–Crippen LogP) is 2.34. The van der Waals surface area contributed by atoms with Crippen LogP contribution in [0.3, 0.4) is 0 Å². The lowest BCUT2D eigenvalue weighted by molar-refractivity contribution is -0.115. The number of H-pyrrole nitrogens is 1. The molecule has 3 aromatic rings. The smallest absolute Gasteiger partial charge is 0.230 e. The largest absolute Gasteiger partial charge is 0.361 e. The van der Waals surface area contributed by atoms with E-state index in [9.17, 15) is 9.18 Å². The number of carbonyl (C=O) groups is 1. The topological polar surface area (TPSA) is 73.9 Å². The summed E-state index contributed by atoms with van der Waals surface area (Å²) in [6, 6.07) is 6.08. The normalized spacial score (nSPS) is 10.7. The van der Waals surface area contributed by atoms with Crippen LogP contribution in [0, 0.1) is 5.82 Å². The Morgan fingerprint density at radius 2 is 2.17 bits per heavy atom. The molecule has 0 bridgehead atoms. The highest BCUT2D eigenvalue weighted by Gasteiger charge is 2.11. The minimum absolute atomic E-state index is 0.130. The molecule has 0 radical (unpaired) electrons. The molecular formula is C16H16FN5O. The molecule has 0 atom stereocenters. The van der Waals surface area contributed by atoms with Gasteiger partial charge in [-0.3, -0.25) is 4.79 Å². The number of carbonyl (C=O) groups excluding carboxylic acids is 1. The van der Waals surface area contributed by atoms with Crippen molar-refractivity contribution in [2.24, 2.45) is 0 Å². The molecule has 6 nitrogen and oxygen atoms in total. The first kappa shape index (κ1) is 15.0. The summed E-state index contributed by atoms with van der Waals surface area (Å²) < 4.78 is 13.4. The van der Waals surface area contributed by atoms with E-state index in [4.69, 9.17) is 0 Å². The van der Waals surface area contributed by atoms with E-state index in [1.54, 1.807) is 29.4 Å². The number of aromatic amines is 1. The lowest BCUT2D eigenvalue weighted by atomic mass is 10.1. The highest BCUT2D eigenvalue weighted by Crippen LogP contribution is 2.20. The summed E-state index contributed by atoms with van der Waals surface area (Å²) in [5, 5.41) is 3.44. The summed E-state index contributed by atoms with van der Waals surface area (Å²) in [5.74, 6) is 0.389. The number of amides is 1. The van der Waals surface area contributed by atoms with Crippen LogP contribution in [0.15, 0.2) is 36.7 Å². The molecule has 1 aromatic carbocycles. The highest BCUT2D eigenvalue weighted by molar-refractivity contribution is 5.95. The number of hydrogen-bond acceptors (Lipinski definition) is 4. The summed E-state index contributed by atoms with van der Waals surface area (Å²) in [6.07, 6.45) is 3.43. The Morgan fingerprint density at radius 1 is 1.35 bits per heavy atom. The number of fused-ring (bicyclic) bond motifs is 1. The van der Waals surface area contributed by atoms with Gasteiger partial charge < -0.3 is 15.2 Å². The molecule has 0 aliphatic carbocycles. The Labute approximate surface area is 132 Å². The first-order chi connectivity index (χ1) is 11.0. The van der Waals surface area contributed by atoms with Gasteiger partial charge in [0.05, 0.1) is 6.42 Å². The average Bonchev–Trinajstić information content (AvgIpc) is 2.89. The molecule has 118 valence electrons. The first-order valence-corrected chi connectivity index (χ1v) is 7.08. The third kappa shape index (κ3) is 3.28. The number of nitrogens with zero attached hydrogens (tertiary/aromatic N) is 3. The fraction of sp³-hybridized carbons (Fsp3) is 0.188. The minimum Gasteiger partial charge on any atom is -0.361 e. The summed E-state index contributed by atoms with van der Waals surface area (Å²) in [7, 11) is 3.64. The highest BCUT2D eigenvalue weighted by atomic mass is 19.1. The van der Waals surface area contributed by atoms with Gasteiger partial charge in [0.1, 0.15) is 11.6 Å². The second-order valence-corrected chi connectivity index (χ2v) is 5.37.